The third kappa shape index (κ3) is 6.40. The maximum absolute atomic E-state index is 12.2. The van der Waals surface area contributed by atoms with Crippen LogP contribution < -0.4 is 10.0 Å². The zero-order valence-electron chi connectivity index (χ0n) is 16.8. The van der Waals surface area contributed by atoms with Crippen molar-refractivity contribution in [2.75, 3.05) is 13.2 Å². The smallest absolute Gasteiger partial charge is 0.338 e. The van der Waals surface area contributed by atoms with Crippen molar-refractivity contribution < 1.29 is 22.7 Å². The van der Waals surface area contributed by atoms with Gasteiger partial charge < -0.3 is 10.1 Å². The van der Waals surface area contributed by atoms with E-state index in [0.29, 0.717) is 6.42 Å². The lowest BCUT2D eigenvalue weighted by atomic mass is 10.0. The van der Waals surface area contributed by atoms with Crippen LogP contribution in [0.1, 0.15) is 47.8 Å². The number of nitrogens with one attached hydrogen (secondary N) is 2. The van der Waals surface area contributed by atoms with E-state index in [1.54, 1.807) is 6.92 Å². The van der Waals surface area contributed by atoms with Gasteiger partial charge in [-0.05, 0) is 43.2 Å². The van der Waals surface area contributed by atoms with Gasteiger partial charge in [-0.1, -0.05) is 43.7 Å². The molecular formula is C21H26N2O5S. The molecule has 0 heterocycles. The van der Waals surface area contributed by atoms with Gasteiger partial charge in [0.1, 0.15) is 0 Å². The third-order valence-corrected chi connectivity index (χ3v) is 5.85. The Labute approximate surface area is 171 Å². The molecule has 0 aromatic heterocycles. The molecule has 0 aliphatic rings. The summed E-state index contributed by atoms with van der Waals surface area (Å²) in [5.41, 5.74) is 2.28. The molecule has 2 aromatic rings. The van der Waals surface area contributed by atoms with Gasteiger partial charge in [0.05, 0.1) is 16.5 Å². The first-order valence-corrected chi connectivity index (χ1v) is 10.9. The molecule has 8 heteroatoms. The highest BCUT2D eigenvalue weighted by Gasteiger charge is 2.17. The quantitative estimate of drug-likeness (QED) is 0.610. The molecule has 156 valence electrons. The van der Waals surface area contributed by atoms with Crippen LogP contribution in [-0.4, -0.2) is 33.4 Å². The highest BCUT2D eigenvalue weighted by Crippen LogP contribution is 2.17. The number of hydrogen-bond acceptors (Lipinski definition) is 5. The molecule has 0 saturated carbocycles. The van der Waals surface area contributed by atoms with Crippen molar-refractivity contribution in [1.82, 2.24) is 10.0 Å². The molecule has 1 amide bonds. The molecule has 0 spiro atoms. The molecule has 0 unspecified atom stereocenters. The first kappa shape index (κ1) is 22.6. The molecule has 0 radical (unpaired) electrons. The highest BCUT2D eigenvalue weighted by molar-refractivity contribution is 7.89. The summed E-state index contributed by atoms with van der Waals surface area (Å²) >= 11 is 0. The number of carbonyl (C=O) groups excluding carboxylic acids is 2. The van der Waals surface area contributed by atoms with Gasteiger partial charge in [0.15, 0.2) is 6.61 Å². The van der Waals surface area contributed by atoms with Crippen LogP contribution in [0.3, 0.4) is 0 Å². The molecule has 2 aromatic carbocycles. The van der Waals surface area contributed by atoms with Gasteiger partial charge >= 0.3 is 5.97 Å². The number of esters is 1. The SMILES string of the molecule is CCNS(=O)(=O)c1ccc(C(=O)OCC(=O)N[C@H](CC)c2ccc(C)cc2)cc1. The average Bonchev–Trinajstić information content (AvgIpc) is 2.71. The van der Waals surface area contributed by atoms with E-state index in [1.807, 2.05) is 38.1 Å². The van der Waals surface area contributed by atoms with E-state index in [0.717, 1.165) is 11.1 Å². The van der Waals surface area contributed by atoms with Gasteiger partial charge in [-0.3, -0.25) is 4.79 Å². The Bertz CT molecular complexity index is 938. The second kappa shape index (κ2) is 10.2. The number of aryl methyl sites for hydroxylation is 1. The molecule has 0 bridgehead atoms. The maximum Gasteiger partial charge on any atom is 0.338 e. The molecular weight excluding hydrogens is 392 g/mol. The van der Waals surface area contributed by atoms with Crippen LogP contribution in [0.2, 0.25) is 0 Å². The van der Waals surface area contributed by atoms with Gasteiger partial charge in [0.2, 0.25) is 10.0 Å². The van der Waals surface area contributed by atoms with Crippen LogP contribution in [0, 0.1) is 6.92 Å². The summed E-state index contributed by atoms with van der Waals surface area (Å²) in [5, 5.41) is 2.85. The zero-order chi connectivity index (χ0) is 21.4. The fraction of sp³-hybridized carbons (Fsp3) is 0.333. The lowest BCUT2D eigenvalue weighted by Crippen LogP contribution is -2.32. The Morgan fingerprint density at radius 1 is 1.00 bits per heavy atom. The molecule has 29 heavy (non-hydrogen) atoms. The molecule has 0 aliphatic heterocycles. The predicted octanol–water partition coefficient (Wildman–Crippen LogP) is 2.72. The van der Waals surface area contributed by atoms with E-state index < -0.39 is 28.5 Å². The summed E-state index contributed by atoms with van der Waals surface area (Å²) in [5.74, 6) is -1.10. The lowest BCUT2D eigenvalue weighted by Gasteiger charge is -2.17. The van der Waals surface area contributed by atoms with E-state index in [-0.39, 0.29) is 23.0 Å². The van der Waals surface area contributed by atoms with E-state index in [1.165, 1.54) is 24.3 Å². The van der Waals surface area contributed by atoms with E-state index in [4.69, 9.17) is 4.74 Å². The average molecular weight is 419 g/mol. The second-order valence-electron chi connectivity index (χ2n) is 6.54. The number of carbonyl (C=O) groups is 2. The Balaban J connectivity index is 1.92. The molecule has 7 nitrogen and oxygen atoms in total. The highest BCUT2D eigenvalue weighted by atomic mass is 32.2. The van der Waals surface area contributed by atoms with E-state index in [2.05, 4.69) is 10.0 Å². The van der Waals surface area contributed by atoms with Crippen LogP contribution in [0.4, 0.5) is 0 Å². The fourth-order valence-electron chi connectivity index (χ4n) is 2.71. The molecule has 1 atom stereocenters. The van der Waals surface area contributed by atoms with Gasteiger partial charge in [-0.2, -0.15) is 0 Å². The Morgan fingerprint density at radius 3 is 2.17 bits per heavy atom. The minimum absolute atomic E-state index is 0.0533. The minimum atomic E-state index is -3.59. The number of benzene rings is 2. The van der Waals surface area contributed by atoms with Crippen LogP contribution in [-0.2, 0) is 19.6 Å². The Morgan fingerprint density at radius 2 is 1.62 bits per heavy atom. The molecule has 2 rings (SSSR count). The van der Waals surface area contributed by atoms with Crippen LogP contribution >= 0.6 is 0 Å². The largest absolute Gasteiger partial charge is 0.452 e. The summed E-state index contributed by atoms with van der Waals surface area (Å²) in [7, 11) is -3.59. The lowest BCUT2D eigenvalue weighted by molar-refractivity contribution is -0.125. The van der Waals surface area contributed by atoms with Gasteiger partial charge in [-0.25, -0.2) is 17.9 Å². The number of sulfonamides is 1. The number of rotatable bonds is 9. The molecule has 2 N–H and O–H groups in total. The van der Waals surface area contributed by atoms with Crippen LogP contribution in [0.25, 0.3) is 0 Å². The molecule has 0 aliphatic carbocycles. The van der Waals surface area contributed by atoms with Crippen molar-refractivity contribution in [2.24, 2.45) is 0 Å². The van der Waals surface area contributed by atoms with E-state index in [9.17, 15) is 18.0 Å². The second-order valence-corrected chi connectivity index (χ2v) is 8.31. The standard InChI is InChI=1S/C21H26N2O5S/c1-4-19(16-8-6-15(3)7-9-16)23-20(24)14-28-21(25)17-10-12-18(13-11-17)29(26,27)22-5-2/h6-13,19,22H,4-5,14H2,1-3H3,(H,23,24)/t19-/m1/s1. The van der Waals surface area contributed by atoms with Gasteiger partial charge in [0, 0.05) is 6.54 Å². The molecule has 0 saturated heterocycles. The number of hydrogen-bond donors (Lipinski definition) is 2. The first-order chi connectivity index (χ1) is 13.8. The van der Waals surface area contributed by atoms with Crippen molar-refractivity contribution in [3.8, 4) is 0 Å². The molecule has 0 fully saturated rings. The summed E-state index contributed by atoms with van der Waals surface area (Å²) in [6, 6.07) is 13.0. The van der Waals surface area contributed by atoms with Crippen molar-refractivity contribution in [2.45, 2.75) is 38.1 Å². The van der Waals surface area contributed by atoms with Crippen molar-refractivity contribution >= 4 is 21.9 Å². The van der Waals surface area contributed by atoms with Gasteiger partial charge in [0.25, 0.3) is 5.91 Å². The summed E-state index contributed by atoms with van der Waals surface area (Å²) in [6.45, 7) is 5.47. The maximum atomic E-state index is 12.2. The summed E-state index contributed by atoms with van der Waals surface area (Å²) in [4.78, 5) is 24.4. The Hall–Kier alpha value is -2.71. The minimum Gasteiger partial charge on any atom is -0.452 e. The normalized spacial score (nSPS) is 12.2. The number of ether oxygens (including phenoxy) is 1. The van der Waals surface area contributed by atoms with Gasteiger partial charge in [-0.15, -0.1) is 0 Å². The fourth-order valence-corrected chi connectivity index (χ4v) is 3.75. The van der Waals surface area contributed by atoms with E-state index >= 15 is 0 Å². The van der Waals surface area contributed by atoms with Crippen LogP contribution in [0.5, 0.6) is 0 Å². The van der Waals surface area contributed by atoms with Crippen molar-refractivity contribution in [3.05, 3.63) is 65.2 Å². The summed E-state index contributed by atoms with van der Waals surface area (Å²) < 4.78 is 31.2. The monoisotopic (exact) mass is 418 g/mol. The van der Waals surface area contributed by atoms with Crippen molar-refractivity contribution in [3.63, 3.8) is 0 Å². The predicted molar refractivity (Wildman–Crippen MR) is 110 cm³/mol. The topological polar surface area (TPSA) is 102 Å². The zero-order valence-corrected chi connectivity index (χ0v) is 17.6. The van der Waals surface area contributed by atoms with Crippen LogP contribution in [0.15, 0.2) is 53.4 Å². The number of amides is 1. The Kier molecular flexibility index (Phi) is 7.92. The first-order valence-electron chi connectivity index (χ1n) is 9.39. The summed E-state index contributed by atoms with van der Waals surface area (Å²) in [6.07, 6.45) is 0.699. The third-order valence-electron chi connectivity index (χ3n) is 4.29. The van der Waals surface area contributed by atoms with Crippen molar-refractivity contribution in [1.29, 1.82) is 0 Å².